The molecule has 0 saturated carbocycles. The minimum Gasteiger partial charge on any atom is -0.352 e. The molecule has 0 unspecified atom stereocenters. The van der Waals surface area contributed by atoms with Gasteiger partial charge >= 0.3 is 0 Å². The van der Waals surface area contributed by atoms with Gasteiger partial charge in [0.2, 0.25) is 5.95 Å². The zero-order chi connectivity index (χ0) is 19.9. The van der Waals surface area contributed by atoms with Crippen molar-refractivity contribution in [2.75, 3.05) is 11.9 Å². The minimum atomic E-state index is -0.123. The van der Waals surface area contributed by atoms with Crippen molar-refractivity contribution in [3.8, 4) is 0 Å². The Hall–Kier alpha value is -2.69. The molecule has 1 aromatic carbocycles. The fraction of sp³-hybridized carbons (Fsp3) is 0.435. The Labute approximate surface area is 167 Å². The number of allylic oxidation sites excluding steroid dienone is 1. The van der Waals surface area contributed by atoms with Gasteiger partial charge in [-0.3, -0.25) is 4.79 Å². The summed E-state index contributed by atoms with van der Waals surface area (Å²) in [6.45, 7) is 7.05. The Morgan fingerprint density at radius 1 is 1.18 bits per heavy atom. The highest BCUT2D eigenvalue weighted by atomic mass is 16.1. The Morgan fingerprint density at radius 3 is 2.64 bits per heavy atom. The predicted molar refractivity (Wildman–Crippen MR) is 114 cm³/mol. The van der Waals surface area contributed by atoms with E-state index >= 15 is 0 Å². The first-order chi connectivity index (χ1) is 13.5. The number of hydrogen-bond acceptors (Lipinski definition) is 4. The normalized spacial score (nSPS) is 13.9. The van der Waals surface area contributed by atoms with Crippen molar-refractivity contribution in [2.45, 2.75) is 58.8 Å². The quantitative estimate of drug-likeness (QED) is 0.644. The van der Waals surface area contributed by atoms with Gasteiger partial charge in [-0.2, -0.15) is 0 Å². The van der Waals surface area contributed by atoms with Crippen LogP contribution in [0.5, 0.6) is 0 Å². The standard InChI is InChI=1S/C23H30N4O/c1-16(2)20-11-7-8-17(3)21(20)27-23-25-14-19(15-26-23)22(28)24-13-12-18-9-5-4-6-10-18/h7-9,11,14-16H,4-6,10,12-13H2,1-3H3,(H,24,28)(H,25,26,27). The molecule has 0 fully saturated rings. The molecular formula is C23H30N4O. The van der Waals surface area contributed by atoms with Gasteiger partial charge in [0.1, 0.15) is 0 Å². The summed E-state index contributed by atoms with van der Waals surface area (Å²) in [7, 11) is 0. The first-order valence-corrected chi connectivity index (χ1v) is 10.2. The van der Waals surface area contributed by atoms with Crippen molar-refractivity contribution in [2.24, 2.45) is 0 Å². The molecule has 5 heteroatoms. The number of benzene rings is 1. The van der Waals surface area contributed by atoms with Crippen molar-refractivity contribution in [1.82, 2.24) is 15.3 Å². The Balaban J connectivity index is 1.59. The van der Waals surface area contributed by atoms with Crippen LogP contribution >= 0.6 is 0 Å². The summed E-state index contributed by atoms with van der Waals surface area (Å²) >= 11 is 0. The van der Waals surface area contributed by atoms with Crippen LogP contribution in [0.25, 0.3) is 0 Å². The molecule has 1 aliphatic carbocycles. The summed E-state index contributed by atoms with van der Waals surface area (Å²) in [5.74, 6) is 0.772. The minimum absolute atomic E-state index is 0.123. The van der Waals surface area contributed by atoms with Crippen LogP contribution in [0.1, 0.15) is 73.4 Å². The molecule has 3 rings (SSSR count). The summed E-state index contributed by atoms with van der Waals surface area (Å²) < 4.78 is 0. The molecule has 0 atom stereocenters. The number of para-hydroxylation sites is 1. The van der Waals surface area contributed by atoms with E-state index in [2.05, 4.69) is 65.6 Å². The van der Waals surface area contributed by atoms with Gasteiger partial charge < -0.3 is 10.6 Å². The van der Waals surface area contributed by atoms with Crippen LogP contribution in [0.4, 0.5) is 11.6 Å². The van der Waals surface area contributed by atoms with E-state index in [0.29, 0.717) is 24.0 Å². The van der Waals surface area contributed by atoms with Gasteiger partial charge in [0.25, 0.3) is 5.91 Å². The fourth-order valence-corrected chi connectivity index (χ4v) is 3.53. The number of hydrogen-bond donors (Lipinski definition) is 2. The molecule has 2 aromatic rings. The SMILES string of the molecule is Cc1cccc(C(C)C)c1Nc1ncc(C(=O)NCCC2=CCCCC2)cn1. The molecule has 0 bridgehead atoms. The van der Waals surface area contributed by atoms with E-state index in [1.807, 2.05) is 0 Å². The van der Waals surface area contributed by atoms with Crippen molar-refractivity contribution >= 4 is 17.5 Å². The zero-order valence-corrected chi connectivity index (χ0v) is 17.1. The largest absolute Gasteiger partial charge is 0.352 e. The van der Waals surface area contributed by atoms with Crippen LogP contribution in [-0.4, -0.2) is 22.4 Å². The van der Waals surface area contributed by atoms with E-state index in [9.17, 15) is 4.79 Å². The molecule has 148 valence electrons. The first kappa shape index (κ1) is 20.1. The van der Waals surface area contributed by atoms with Crippen LogP contribution in [0.15, 0.2) is 42.2 Å². The number of aromatic nitrogens is 2. The van der Waals surface area contributed by atoms with E-state index in [1.54, 1.807) is 12.4 Å². The summed E-state index contributed by atoms with van der Waals surface area (Å²) in [5.41, 5.74) is 5.35. The highest BCUT2D eigenvalue weighted by Gasteiger charge is 2.12. The van der Waals surface area contributed by atoms with Crippen molar-refractivity contribution < 1.29 is 4.79 Å². The van der Waals surface area contributed by atoms with Gasteiger partial charge in [-0.1, -0.05) is 43.7 Å². The van der Waals surface area contributed by atoms with Crippen molar-refractivity contribution in [1.29, 1.82) is 0 Å². The second-order valence-electron chi connectivity index (χ2n) is 7.73. The lowest BCUT2D eigenvalue weighted by Crippen LogP contribution is -2.25. The van der Waals surface area contributed by atoms with Crippen LogP contribution in [0.3, 0.4) is 0 Å². The molecule has 0 saturated heterocycles. The maximum absolute atomic E-state index is 12.3. The smallest absolute Gasteiger partial charge is 0.254 e. The molecule has 1 aromatic heterocycles. The lowest BCUT2D eigenvalue weighted by Gasteiger charge is -2.16. The number of carbonyl (C=O) groups excluding carboxylic acids is 1. The van der Waals surface area contributed by atoms with Gasteiger partial charge in [0.05, 0.1) is 5.56 Å². The lowest BCUT2D eigenvalue weighted by atomic mass is 9.97. The highest BCUT2D eigenvalue weighted by molar-refractivity contribution is 5.93. The average molecular weight is 379 g/mol. The molecule has 1 amide bonds. The maximum Gasteiger partial charge on any atom is 0.254 e. The number of nitrogens with zero attached hydrogens (tertiary/aromatic N) is 2. The summed E-state index contributed by atoms with van der Waals surface area (Å²) in [4.78, 5) is 21.0. The highest BCUT2D eigenvalue weighted by Crippen LogP contribution is 2.29. The number of carbonyl (C=O) groups is 1. The van der Waals surface area contributed by atoms with E-state index in [0.717, 1.165) is 24.1 Å². The second kappa shape index (κ2) is 9.49. The third kappa shape index (κ3) is 5.18. The molecule has 5 nitrogen and oxygen atoms in total. The third-order valence-electron chi connectivity index (χ3n) is 5.19. The monoisotopic (exact) mass is 378 g/mol. The predicted octanol–water partition coefficient (Wildman–Crippen LogP) is 5.27. The van der Waals surface area contributed by atoms with E-state index in [-0.39, 0.29) is 5.91 Å². The topological polar surface area (TPSA) is 66.9 Å². The molecule has 28 heavy (non-hydrogen) atoms. The molecular weight excluding hydrogens is 348 g/mol. The van der Waals surface area contributed by atoms with Crippen LogP contribution in [-0.2, 0) is 0 Å². The van der Waals surface area contributed by atoms with Gasteiger partial charge in [0, 0.05) is 24.6 Å². The van der Waals surface area contributed by atoms with Crippen molar-refractivity contribution in [3.05, 3.63) is 58.9 Å². The van der Waals surface area contributed by atoms with Crippen LogP contribution in [0.2, 0.25) is 0 Å². The molecule has 0 radical (unpaired) electrons. The van der Waals surface area contributed by atoms with Crippen LogP contribution < -0.4 is 10.6 Å². The van der Waals surface area contributed by atoms with Gasteiger partial charge in [-0.15, -0.1) is 0 Å². The Morgan fingerprint density at radius 2 is 1.96 bits per heavy atom. The molecule has 0 spiro atoms. The summed E-state index contributed by atoms with van der Waals surface area (Å²) in [6.07, 6.45) is 11.3. The molecule has 0 aliphatic heterocycles. The summed E-state index contributed by atoms with van der Waals surface area (Å²) in [5, 5.41) is 6.28. The maximum atomic E-state index is 12.3. The second-order valence-corrected chi connectivity index (χ2v) is 7.73. The van der Waals surface area contributed by atoms with Gasteiger partial charge in [-0.05, 0) is 56.1 Å². The number of anilines is 2. The van der Waals surface area contributed by atoms with E-state index in [4.69, 9.17) is 0 Å². The zero-order valence-electron chi connectivity index (χ0n) is 17.1. The molecule has 1 aliphatic rings. The van der Waals surface area contributed by atoms with E-state index in [1.165, 1.54) is 30.4 Å². The van der Waals surface area contributed by atoms with E-state index < -0.39 is 0 Å². The molecule has 1 heterocycles. The third-order valence-corrected chi connectivity index (χ3v) is 5.19. The number of nitrogens with one attached hydrogen (secondary N) is 2. The molecule has 2 N–H and O–H groups in total. The number of rotatable bonds is 7. The van der Waals surface area contributed by atoms with Gasteiger partial charge in [-0.25, -0.2) is 9.97 Å². The fourth-order valence-electron chi connectivity index (χ4n) is 3.53. The summed E-state index contributed by atoms with van der Waals surface area (Å²) in [6, 6.07) is 6.24. The van der Waals surface area contributed by atoms with Crippen molar-refractivity contribution in [3.63, 3.8) is 0 Å². The Bertz CT molecular complexity index is 840. The Kier molecular flexibility index (Phi) is 6.80. The van der Waals surface area contributed by atoms with Crippen LogP contribution in [0, 0.1) is 6.92 Å². The first-order valence-electron chi connectivity index (χ1n) is 10.2. The lowest BCUT2D eigenvalue weighted by molar-refractivity contribution is 0.0953. The average Bonchev–Trinajstić information content (AvgIpc) is 2.70. The van der Waals surface area contributed by atoms with Gasteiger partial charge in [0.15, 0.2) is 0 Å². The number of aryl methyl sites for hydroxylation is 1. The number of amides is 1.